The molecular formula is C20H16FNO4. The zero-order chi connectivity index (χ0) is 18.1. The lowest BCUT2D eigenvalue weighted by molar-refractivity contribution is -0.00291. The predicted molar refractivity (Wildman–Crippen MR) is 93.5 cm³/mol. The number of nitrogens with zero attached hydrogens (tertiary/aromatic N) is 1. The monoisotopic (exact) mass is 353 g/mol. The average molecular weight is 353 g/mol. The molecule has 0 saturated carbocycles. The molecule has 1 amide bonds. The standard InChI is InChI=1S/C20H16FNO4/c21-15-7-5-13(6-8-15)17-12-25-10-9-22(17)19(23)16-11-14-3-1-2-4-18(14)26-20(16)24/h1-8,11,17H,9-10,12H2. The number of fused-ring (bicyclic) bond motifs is 1. The summed E-state index contributed by atoms with van der Waals surface area (Å²) >= 11 is 0. The minimum absolute atomic E-state index is 0.0160. The molecule has 0 radical (unpaired) electrons. The summed E-state index contributed by atoms with van der Waals surface area (Å²) in [4.78, 5) is 26.9. The predicted octanol–water partition coefficient (Wildman–Crippen LogP) is 3.15. The molecule has 0 spiro atoms. The van der Waals surface area contributed by atoms with Crippen molar-refractivity contribution in [2.75, 3.05) is 19.8 Å². The van der Waals surface area contributed by atoms with E-state index in [1.165, 1.54) is 12.1 Å². The summed E-state index contributed by atoms with van der Waals surface area (Å²) in [6.07, 6.45) is 0. The summed E-state index contributed by atoms with van der Waals surface area (Å²) < 4.78 is 24.0. The summed E-state index contributed by atoms with van der Waals surface area (Å²) in [6, 6.07) is 14.1. The second-order valence-electron chi connectivity index (χ2n) is 6.13. The number of morpholine rings is 1. The molecule has 1 aromatic heterocycles. The van der Waals surface area contributed by atoms with Crippen LogP contribution in [0.25, 0.3) is 11.0 Å². The lowest BCUT2D eigenvalue weighted by Crippen LogP contribution is -2.44. The van der Waals surface area contributed by atoms with Gasteiger partial charge in [0.1, 0.15) is 17.0 Å². The minimum atomic E-state index is -0.668. The molecule has 2 heterocycles. The Morgan fingerprint density at radius 3 is 2.69 bits per heavy atom. The van der Waals surface area contributed by atoms with Crippen LogP contribution in [-0.2, 0) is 4.74 Å². The highest BCUT2D eigenvalue weighted by atomic mass is 19.1. The molecule has 2 aromatic carbocycles. The van der Waals surface area contributed by atoms with E-state index in [1.807, 2.05) is 6.07 Å². The lowest BCUT2D eigenvalue weighted by Gasteiger charge is -2.35. The number of amides is 1. The Bertz CT molecular complexity index is 1010. The molecule has 26 heavy (non-hydrogen) atoms. The van der Waals surface area contributed by atoms with E-state index in [1.54, 1.807) is 41.3 Å². The van der Waals surface area contributed by atoms with Gasteiger partial charge in [-0.3, -0.25) is 4.79 Å². The minimum Gasteiger partial charge on any atom is -0.422 e. The zero-order valence-electron chi connectivity index (χ0n) is 13.9. The fourth-order valence-electron chi connectivity index (χ4n) is 3.17. The van der Waals surface area contributed by atoms with Crippen LogP contribution < -0.4 is 5.63 Å². The third kappa shape index (κ3) is 2.99. The third-order valence-corrected chi connectivity index (χ3v) is 4.52. The van der Waals surface area contributed by atoms with Gasteiger partial charge >= 0.3 is 5.63 Å². The number of carbonyl (C=O) groups is 1. The highest BCUT2D eigenvalue weighted by Crippen LogP contribution is 2.26. The van der Waals surface area contributed by atoms with Gasteiger partial charge in [0.15, 0.2) is 0 Å². The number of rotatable bonds is 2. The zero-order valence-corrected chi connectivity index (χ0v) is 13.9. The summed E-state index contributed by atoms with van der Waals surface area (Å²) in [5.41, 5.74) is 0.506. The van der Waals surface area contributed by atoms with E-state index in [2.05, 4.69) is 0 Å². The molecule has 0 bridgehead atoms. The van der Waals surface area contributed by atoms with Gasteiger partial charge in [0.2, 0.25) is 0 Å². The van der Waals surface area contributed by atoms with Crippen molar-refractivity contribution in [1.82, 2.24) is 4.90 Å². The van der Waals surface area contributed by atoms with Crippen LogP contribution in [0.15, 0.2) is 63.8 Å². The van der Waals surface area contributed by atoms with Crippen molar-refractivity contribution in [3.8, 4) is 0 Å². The molecule has 4 rings (SSSR count). The number of para-hydroxylation sites is 1. The van der Waals surface area contributed by atoms with Crippen LogP contribution >= 0.6 is 0 Å². The molecule has 5 nitrogen and oxygen atoms in total. The van der Waals surface area contributed by atoms with Crippen LogP contribution in [0.1, 0.15) is 22.0 Å². The van der Waals surface area contributed by atoms with Gasteiger partial charge in [-0.05, 0) is 29.8 Å². The van der Waals surface area contributed by atoms with Gasteiger partial charge in [0.25, 0.3) is 5.91 Å². The Morgan fingerprint density at radius 1 is 1.12 bits per heavy atom. The number of carbonyl (C=O) groups excluding carboxylic acids is 1. The normalized spacial score (nSPS) is 17.4. The van der Waals surface area contributed by atoms with Gasteiger partial charge in [-0.15, -0.1) is 0 Å². The quantitative estimate of drug-likeness (QED) is 0.664. The van der Waals surface area contributed by atoms with Gasteiger partial charge < -0.3 is 14.1 Å². The average Bonchev–Trinajstić information content (AvgIpc) is 2.67. The Balaban J connectivity index is 1.72. The molecule has 0 N–H and O–H groups in total. The topological polar surface area (TPSA) is 59.8 Å². The van der Waals surface area contributed by atoms with E-state index in [0.29, 0.717) is 24.1 Å². The molecule has 1 saturated heterocycles. The maximum atomic E-state index is 13.2. The van der Waals surface area contributed by atoms with E-state index in [-0.39, 0.29) is 24.0 Å². The lowest BCUT2D eigenvalue weighted by atomic mass is 10.0. The molecule has 1 atom stereocenters. The molecule has 3 aromatic rings. The molecule has 1 aliphatic heterocycles. The first-order chi connectivity index (χ1) is 12.6. The SMILES string of the molecule is O=C(c1cc2ccccc2oc1=O)N1CCOCC1c1ccc(F)cc1. The molecule has 1 unspecified atom stereocenters. The first-order valence-corrected chi connectivity index (χ1v) is 8.30. The van der Waals surface area contributed by atoms with E-state index >= 15 is 0 Å². The second kappa shape index (κ2) is 6.72. The second-order valence-corrected chi connectivity index (χ2v) is 6.13. The van der Waals surface area contributed by atoms with E-state index in [4.69, 9.17) is 9.15 Å². The molecule has 1 fully saturated rings. The number of hydrogen-bond acceptors (Lipinski definition) is 4. The van der Waals surface area contributed by atoms with E-state index < -0.39 is 11.5 Å². The molecule has 132 valence electrons. The van der Waals surface area contributed by atoms with Crippen molar-refractivity contribution in [3.63, 3.8) is 0 Å². The Morgan fingerprint density at radius 2 is 1.88 bits per heavy atom. The van der Waals surface area contributed by atoms with Crippen LogP contribution in [0.4, 0.5) is 4.39 Å². The molecular weight excluding hydrogens is 337 g/mol. The van der Waals surface area contributed by atoms with Crippen LogP contribution in [-0.4, -0.2) is 30.6 Å². The Kier molecular flexibility index (Phi) is 4.26. The highest BCUT2D eigenvalue weighted by molar-refractivity contribution is 5.97. The fraction of sp³-hybridized carbons (Fsp3) is 0.200. The number of ether oxygens (including phenoxy) is 1. The number of hydrogen-bond donors (Lipinski definition) is 0. The Hall–Kier alpha value is -2.99. The fourth-order valence-corrected chi connectivity index (χ4v) is 3.17. The largest absolute Gasteiger partial charge is 0.422 e. The molecule has 0 aliphatic carbocycles. The molecule has 1 aliphatic rings. The van der Waals surface area contributed by atoms with Gasteiger partial charge in [-0.2, -0.15) is 0 Å². The van der Waals surface area contributed by atoms with Gasteiger partial charge in [-0.25, -0.2) is 9.18 Å². The van der Waals surface area contributed by atoms with Crippen molar-refractivity contribution in [2.24, 2.45) is 0 Å². The van der Waals surface area contributed by atoms with Gasteiger partial charge in [0, 0.05) is 11.9 Å². The maximum Gasteiger partial charge on any atom is 0.349 e. The van der Waals surface area contributed by atoms with Crippen LogP contribution in [0, 0.1) is 5.82 Å². The van der Waals surface area contributed by atoms with E-state index in [9.17, 15) is 14.0 Å². The number of benzene rings is 2. The first-order valence-electron chi connectivity index (χ1n) is 8.30. The van der Waals surface area contributed by atoms with Crippen molar-refractivity contribution in [2.45, 2.75) is 6.04 Å². The first kappa shape index (κ1) is 16.5. The van der Waals surface area contributed by atoms with Crippen LogP contribution in [0.3, 0.4) is 0 Å². The maximum absolute atomic E-state index is 13.2. The summed E-state index contributed by atoms with van der Waals surface area (Å²) in [7, 11) is 0. The van der Waals surface area contributed by atoms with Crippen LogP contribution in [0.2, 0.25) is 0 Å². The van der Waals surface area contributed by atoms with Crippen molar-refractivity contribution in [3.05, 3.63) is 82.0 Å². The van der Waals surface area contributed by atoms with Crippen molar-refractivity contribution in [1.29, 1.82) is 0 Å². The van der Waals surface area contributed by atoms with Crippen molar-refractivity contribution < 1.29 is 18.3 Å². The summed E-state index contributed by atoms with van der Waals surface area (Å²) in [5.74, 6) is -0.763. The summed E-state index contributed by atoms with van der Waals surface area (Å²) in [5, 5.41) is 0.682. The van der Waals surface area contributed by atoms with Crippen molar-refractivity contribution >= 4 is 16.9 Å². The Labute approximate surface area is 148 Å². The number of halogens is 1. The van der Waals surface area contributed by atoms with Crippen LogP contribution in [0.5, 0.6) is 0 Å². The highest BCUT2D eigenvalue weighted by Gasteiger charge is 2.31. The van der Waals surface area contributed by atoms with Gasteiger partial charge in [-0.1, -0.05) is 30.3 Å². The van der Waals surface area contributed by atoms with E-state index in [0.717, 1.165) is 5.56 Å². The third-order valence-electron chi connectivity index (χ3n) is 4.52. The van der Waals surface area contributed by atoms with Gasteiger partial charge in [0.05, 0.1) is 19.3 Å². The smallest absolute Gasteiger partial charge is 0.349 e. The summed E-state index contributed by atoms with van der Waals surface area (Å²) in [6.45, 7) is 1.01. The molecule has 6 heteroatoms.